The lowest BCUT2D eigenvalue weighted by Gasteiger charge is -2.13. The van der Waals surface area contributed by atoms with E-state index in [1.807, 2.05) is 37.3 Å². The van der Waals surface area contributed by atoms with Crippen molar-refractivity contribution >= 4 is 27.2 Å². The van der Waals surface area contributed by atoms with Crippen molar-refractivity contribution in [1.82, 2.24) is 4.98 Å². The molecule has 1 aromatic heterocycles. The number of nitrogens with zero attached hydrogens (tertiary/aromatic N) is 1. The van der Waals surface area contributed by atoms with Crippen molar-refractivity contribution in [3.05, 3.63) is 72.9 Å². The van der Waals surface area contributed by atoms with Crippen LogP contribution in [0.15, 0.2) is 77.8 Å². The minimum absolute atomic E-state index is 0.149. The first-order valence-corrected chi connectivity index (χ1v) is 9.59. The topological polar surface area (TPSA) is 80.3 Å². The van der Waals surface area contributed by atoms with Gasteiger partial charge in [-0.05, 0) is 55.5 Å². The van der Waals surface area contributed by atoms with Crippen LogP contribution in [-0.2, 0) is 10.0 Å². The highest BCUT2D eigenvalue weighted by molar-refractivity contribution is 7.92. The Morgan fingerprint density at radius 1 is 0.962 bits per heavy atom. The Morgan fingerprint density at radius 3 is 2.38 bits per heavy atom. The Balaban J connectivity index is 1.83. The van der Waals surface area contributed by atoms with Crippen LogP contribution in [0.5, 0.6) is 5.75 Å². The van der Waals surface area contributed by atoms with Gasteiger partial charge >= 0.3 is 0 Å². The molecule has 0 spiro atoms. The molecule has 1 heterocycles. The molecule has 0 saturated heterocycles. The second-order valence-corrected chi connectivity index (χ2v) is 7.08. The Labute approximate surface area is 152 Å². The molecule has 26 heavy (non-hydrogen) atoms. The van der Waals surface area contributed by atoms with E-state index in [4.69, 9.17) is 4.74 Å². The van der Waals surface area contributed by atoms with Crippen LogP contribution in [0.25, 0.3) is 0 Å². The summed E-state index contributed by atoms with van der Waals surface area (Å²) in [5, 5.41) is 3.11. The van der Waals surface area contributed by atoms with E-state index in [1.54, 1.807) is 30.5 Å². The first-order valence-electron chi connectivity index (χ1n) is 8.11. The van der Waals surface area contributed by atoms with Gasteiger partial charge in [0.25, 0.3) is 10.0 Å². The van der Waals surface area contributed by atoms with Crippen molar-refractivity contribution in [2.24, 2.45) is 0 Å². The predicted octanol–water partition coefficient (Wildman–Crippen LogP) is 4.02. The van der Waals surface area contributed by atoms with Crippen LogP contribution in [0.1, 0.15) is 6.92 Å². The first-order chi connectivity index (χ1) is 12.6. The fraction of sp³-hybridized carbons (Fsp3) is 0.105. The van der Waals surface area contributed by atoms with E-state index in [1.165, 1.54) is 12.1 Å². The minimum Gasteiger partial charge on any atom is -0.494 e. The number of benzene rings is 2. The third kappa shape index (κ3) is 4.31. The van der Waals surface area contributed by atoms with E-state index in [0.29, 0.717) is 23.9 Å². The molecule has 134 valence electrons. The van der Waals surface area contributed by atoms with Gasteiger partial charge in [0.15, 0.2) is 5.82 Å². The van der Waals surface area contributed by atoms with Gasteiger partial charge in [0.2, 0.25) is 0 Å². The van der Waals surface area contributed by atoms with Gasteiger partial charge in [0.05, 0.1) is 17.2 Å². The Kier molecular flexibility index (Phi) is 5.38. The molecule has 0 unspecified atom stereocenters. The van der Waals surface area contributed by atoms with E-state index < -0.39 is 10.0 Å². The summed E-state index contributed by atoms with van der Waals surface area (Å²) in [5.41, 5.74) is 1.18. The maximum atomic E-state index is 12.7. The second-order valence-electron chi connectivity index (χ2n) is 5.40. The van der Waals surface area contributed by atoms with Gasteiger partial charge in [-0.1, -0.05) is 18.2 Å². The van der Waals surface area contributed by atoms with Crippen LogP contribution in [0.4, 0.5) is 17.2 Å². The zero-order valence-electron chi connectivity index (χ0n) is 14.2. The summed E-state index contributed by atoms with van der Waals surface area (Å²) in [6.45, 7) is 2.39. The molecule has 0 bridgehead atoms. The van der Waals surface area contributed by atoms with Crippen LogP contribution in [0, 0.1) is 0 Å². The quantitative estimate of drug-likeness (QED) is 0.657. The van der Waals surface area contributed by atoms with Gasteiger partial charge < -0.3 is 10.1 Å². The summed E-state index contributed by atoms with van der Waals surface area (Å²) in [7, 11) is -3.75. The Bertz CT molecular complexity index is 959. The summed E-state index contributed by atoms with van der Waals surface area (Å²) < 4.78 is 33.3. The highest BCUT2D eigenvalue weighted by Gasteiger charge is 2.16. The molecule has 7 heteroatoms. The smallest absolute Gasteiger partial charge is 0.262 e. The van der Waals surface area contributed by atoms with E-state index in [9.17, 15) is 8.42 Å². The van der Waals surface area contributed by atoms with E-state index in [2.05, 4.69) is 15.0 Å². The van der Waals surface area contributed by atoms with Crippen molar-refractivity contribution in [3.63, 3.8) is 0 Å². The number of ether oxygens (including phenoxy) is 1. The summed E-state index contributed by atoms with van der Waals surface area (Å²) in [4.78, 5) is 4.38. The fourth-order valence-electron chi connectivity index (χ4n) is 2.33. The molecule has 2 N–H and O–H groups in total. The van der Waals surface area contributed by atoms with Crippen molar-refractivity contribution in [3.8, 4) is 5.75 Å². The largest absolute Gasteiger partial charge is 0.494 e. The summed E-state index contributed by atoms with van der Waals surface area (Å²) >= 11 is 0. The van der Waals surface area contributed by atoms with Crippen molar-refractivity contribution in [2.45, 2.75) is 11.8 Å². The summed E-state index contributed by atoms with van der Waals surface area (Å²) in [6, 6.07) is 19.0. The van der Waals surface area contributed by atoms with Crippen LogP contribution >= 0.6 is 0 Å². The summed E-state index contributed by atoms with van der Waals surface area (Å²) in [5.74, 6) is 1.05. The number of hydrogen-bond donors (Lipinski definition) is 2. The Hall–Kier alpha value is -3.06. The van der Waals surface area contributed by atoms with Gasteiger partial charge in [0, 0.05) is 11.9 Å². The molecule has 2 aromatic carbocycles. The molecule has 0 aliphatic rings. The summed E-state index contributed by atoms with van der Waals surface area (Å²) in [6.07, 6.45) is 1.60. The number of pyridine rings is 1. The number of para-hydroxylation sites is 1. The molecule has 3 rings (SSSR count). The van der Waals surface area contributed by atoms with Crippen LogP contribution in [-0.4, -0.2) is 20.0 Å². The lowest BCUT2D eigenvalue weighted by molar-refractivity contribution is 0.340. The van der Waals surface area contributed by atoms with Crippen LogP contribution < -0.4 is 14.8 Å². The lowest BCUT2D eigenvalue weighted by Crippen LogP contribution is -2.14. The normalized spacial score (nSPS) is 11.0. The Morgan fingerprint density at radius 2 is 1.69 bits per heavy atom. The molecule has 6 nitrogen and oxygen atoms in total. The molecule has 0 aliphatic heterocycles. The molecule has 0 amide bonds. The maximum Gasteiger partial charge on any atom is 0.262 e. The van der Waals surface area contributed by atoms with Gasteiger partial charge in [0.1, 0.15) is 5.75 Å². The second kappa shape index (κ2) is 7.88. The highest BCUT2D eigenvalue weighted by Crippen LogP contribution is 2.26. The number of anilines is 3. The van der Waals surface area contributed by atoms with Gasteiger partial charge in [-0.15, -0.1) is 0 Å². The number of hydrogen-bond acceptors (Lipinski definition) is 5. The SMILES string of the molecule is CCOc1ccc(S(=O)(=O)Nc2cccnc2Nc2ccccc2)cc1. The van der Waals surface area contributed by atoms with E-state index >= 15 is 0 Å². The first kappa shape index (κ1) is 17.8. The molecule has 0 atom stereocenters. The van der Waals surface area contributed by atoms with Crippen LogP contribution in [0.2, 0.25) is 0 Å². The number of sulfonamides is 1. The molecule has 0 fully saturated rings. The standard InChI is InChI=1S/C19H19N3O3S/c1-2-25-16-10-12-17(13-11-16)26(23,24)22-18-9-6-14-20-19(18)21-15-7-4-3-5-8-15/h3-14,22H,2H2,1H3,(H,20,21). The maximum absolute atomic E-state index is 12.7. The molecule has 0 radical (unpaired) electrons. The molecule has 0 saturated carbocycles. The van der Waals surface area contributed by atoms with Crippen molar-refractivity contribution < 1.29 is 13.2 Å². The lowest BCUT2D eigenvalue weighted by atomic mass is 10.3. The number of nitrogens with one attached hydrogen (secondary N) is 2. The van der Waals surface area contributed by atoms with Gasteiger partial charge in [-0.3, -0.25) is 4.72 Å². The molecular weight excluding hydrogens is 350 g/mol. The highest BCUT2D eigenvalue weighted by atomic mass is 32.2. The number of aromatic nitrogens is 1. The third-order valence-electron chi connectivity index (χ3n) is 3.53. The number of rotatable bonds is 7. The zero-order chi connectivity index (χ0) is 18.4. The molecular formula is C19H19N3O3S. The molecule has 3 aromatic rings. The van der Waals surface area contributed by atoms with Crippen LogP contribution in [0.3, 0.4) is 0 Å². The van der Waals surface area contributed by atoms with E-state index in [0.717, 1.165) is 5.69 Å². The van der Waals surface area contributed by atoms with Gasteiger partial charge in [-0.25, -0.2) is 13.4 Å². The average molecular weight is 369 g/mol. The minimum atomic E-state index is -3.75. The van der Waals surface area contributed by atoms with Crippen molar-refractivity contribution in [1.29, 1.82) is 0 Å². The average Bonchev–Trinajstić information content (AvgIpc) is 2.65. The van der Waals surface area contributed by atoms with E-state index in [-0.39, 0.29) is 4.90 Å². The fourth-order valence-corrected chi connectivity index (χ4v) is 3.40. The van der Waals surface area contributed by atoms with Crippen molar-refractivity contribution in [2.75, 3.05) is 16.6 Å². The van der Waals surface area contributed by atoms with Gasteiger partial charge in [-0.2, -0.15) is 0 Å². The monoisotopic (exact) mass is 369 g/mol. The predicted molar refractivity (Wildman–Crippen MR) is 102 cm³/mol. The molecule has 0 aliphatic carbocycles. The third-order valence-corrected chi connectivity index (χ3v) is 4.92. The zero-order valence-corrected chi connectivity index (χ0v) is 15.0.